The first-order valence-corrected chi connectivity index (χ1v) is 2.90. The van der Waals surface area contributed by atoms with Gasteiger partial charge in [0.05, 0.1) is 12.0 Å². The lowest BCUT2D eigenvalue weighted by molar-refractivity contribution is 0.341. The molecule has 0 N–H and O–H groups in total. The Morgan fingerprint density at radius 1 is 1.75 bits per heavy atom. The fourth-order valence-electron chi connectivity index (χ4n) is 0.855. The third kappa shape index (κ3) is 1.12. The molecule has 0 fully saturated rings. The summed E-state index contributed by atoms with van der Waals surface area (Å²) in [5.41, 5.74) is 0. The third-order valence-corrected chi connectivity index (χ3v) is 1.23. The van der Waals surface area contributed by atoms with Crippen molar-refractivity contribution in [3.8, 4) is 0 Å². The molecule has 0 atom stereocenters. The maximum Gasteiger partial charge on any atom is 0.0991 e. The van der Waals surface area contributed by atoms with Crippen LogP contribution in [0.5, 0.6) is 0 Å². The van der Waals surface area contributed by atoms with Gasteiger partial charge in [0, 0.05) is 6.42 Å². The minimum atomic E-state index is 1.08. The van der Waals surface area contributed by atoms with Gasteiger partial charge >= 0.3 is 0 Å². The maximum absolute atomic E-state index is 5.03. The van der Waals surface area contributed by atoms with E-state index in [2.05, 4.69) is 12.7 Å². The minimum Gasteiger partial charge on any atom is -0.470 e. The molecule has 0 saturated carbocycles. The lowest BCUT2D eigenvalue weighted by Crippen LogP contribution is -1.76. The van der Waals surface area contributed by atoms with Gasteiger partial charge in [-0.1, -0.05) is 6.58 Å². The van der Waals surface area contributed by atoms with Crippen LogP contribution >= 0.6 is 0 Å². The fourth-order valence-corrected chi connectivity index (χ4v) is 0.855. The second-order valence-corrected chi connectivity index (χ2v) is 1.85. The average Bonchev–Trinajstić information content (AvgIpc) is 2.19. The predicted octanol–water partition coefficient (Wildman–Crippen LogP) is 2.21. The SMILES string of the molecule is C=COC1=CCCC1. The van der Waals surface area contributed by atoms with Gasteiger partial charge in [0.25, 0.3) is 0 Å². The summed E-state index contributed by atoms with van der Waals surface area (Å²) in [7, 11) is 0. The van der Waals surface area contributed by atoms with Gasteiger partial charge in [0.1, 0.15) is 0 Å². The van der Waals surface area contributed by atoms with Gasteiger partial charge in [-0.15, -0.1) is 0 Å². The molecule has 0 radical (unpaired) electrons. The summed E-state index contributed by atoms with van der Waals surface area (Å²) < 4.78 is 5.03. The van der Waals surface area contributed by atoms with Crippen molar-refractivity contribution in [3.05, 3.63) is 24.7 Å². The summed E-state index contributed by atoms with van der Waals surface area (Å²) in [5.74, 6) is 1.08. The van der Waals surface area contributed by atoms with Crippen molar-refractivity contribution in [1.82, 2.24) is 0 Å². The quantitative estimate of drug-likeness (QED) is 0.495. The Hall–Kier alpha value is -0.720. The molecule has 1 aliphatic carbocycles. The molecule has 1 nitrogen and oxygen atoms in total. The van der Waals surface area contributed by atoms with E-state index < -0.39 is 0 Å². The van der Waals surface area contributed by atoms with E-state index in [1.807, 2.05) is 0 Å². The Balaban J connectivity index is 2.33. The van der Waals surface area contributed by atoms with Gasteiger partial charge in [-0.05, 0) is 18.9 Å². The standard InChI is InChI=1S/C7H10O/c1-2-8-7-5-3-4-6-7/h2,5H,1,3-4,6H2. The van der Waals surface area contributed by atoms with Crippen molar-refractivity contribution in [1.29, 1.82) is 0 Å². The van der Waals surface area contributed by atoms with Crippen LogP contribution in [0.25, 0.3) is 0 Å². The van der Waals surface area contributed by atoms with Crippen LogP contribution in [0.15, 0.2) is 24.7 Å². The Bertz CT molecular complexity index is 114. The van der Waals surface area contributed by atoms with E-state index in [9.17, 15) is 0 Å². The monoisotopic (exact) mass is 110 g/mol. The van der Waals surface area contributed by atoms with Crippen LogP contribution in [0.2, 0.25) is 0 Å². The normalized spacial score (nSPS) is 17.8. The van der Waals surface area contributed by atoms with Gasteiger partial charge in [-0.2, -0.15) is 0 Å². The number of rotatable bonds is 2. The van der Waals surface area contributed by atoms with Crippen LogP contribution in [0.1, 0.15) is 19.3 Å². The molecule has 0 aromatic rings. The minimum absolute atomic E-state index is 1.08. The summed E-state index contributed by atoms with van der Waals surface area (Å²) >= 11 is 0. The summed E-state index contributed by atoms with van der Waals surface area (Å²) in [6, 6.07) is 0. The van der Waals surface area contributed by atoms with Crippen molar-refractivity contribution in [2.45, 2.75) is 19.3 Å². The highest BCUT2D eigenvalue weighted by Crippen LogP contribution is 2.17. The Labute approximate surface area is 49.7 Å². The summed E-state index contributed by atoms with van der Waals surface area (Å²) in [6.45, 7) is 3.46. The molecule has 0 unspecified atom stereocenters. The molecule has 0 aromatic carbocycles. The van der Waals surface area contributed by atoms with E-state index in [1.54, 1.807) is 0 Å². The summed E-state index contributed by atoms with van der Waals surface area (Å²) in [4.78, 5) is 0. The molecule has 0 bridgehead atoms. The number of ether oxygens (including phenoxy) is 1. The number of hydrogen-bond acceptors (Lipinski definition) is 1. The first kappa shape index (κ1) is 5.42. The van der Waals surface area contributed by atoms with Crippen molar-refractivity contribution < 1.29 is 4.74 Å². The van der Waals surface area contributed by atoms with E-state index >= 15 is 0 Å². The van der Waals surface area contributed by atoms with E-state index in [4.69, 9.17) is 4.74 Å². The highest BCUT2D eigenvalue weighted by molar-refractivity contribution is 5.00. The molecule has 44 valence electrons. The summed E-state index contributed by atoms with van der Waals surface area (Å²) in [5, 5.41) is 0. The molecule has 0 aromatic heterocycles. The van der Waals surface area contributed by atoms with Crippen molar-refractivity contribution in [2.24, 2.45) is 0 Å². The van der Waals surface area contributed by atoms with Gasteiger partial charge < -0.3 is 4.74 Å². The molecule has 0 spiro atoms. The van der Waals surface area contributed by atoms with Crippen molar-refractivity contribution in [2.75, 3.05) is 0 Å². The molecular weight excluding hydrogens is 100 g/mol. The van der Waals surface area contributed by atoms with Gasteiger partial charge in [-0.25, -0.2) is 0 Å². The zero-order chi connectivity index (χ0) is 5.82. The van der Waals surface area contributed by atoms with E-state index in [-0.39, 0.29) is 0 Å². The first-order chi connectivity index (χ1) is 3.93. The zero-order valence-corrected chi connectivity index (χ0v) is 4.89. The Morgan fingerprint density at radius 2 is 2.62 bits per heavy atom. The van der Waals surface area contributed by atoms with Crippen LogP contribution in [0.4, 0.5) is 0 Å². The van der Waals surface area contributed by atoms with Crippen LogP contribution in [-0.4, -0.2) is 0 Å². The highest BCUT2D eigenvalue weighted by atomic mass is 16.5. The van der Waals surface area contributed by atoms with Crippen LogP contribution in [-0.2, 0) is 4.74 Å². The predicted molar refractivity (Wildman–Crippen MR) is 33.2 cm³/mol. The molecule has 0 saturated heterocycles. The van der Waals surface area contributed by atoms with Crippen LogP contribution < -0.4 is 0 Å². The molecule has 1 aliphatic rings. The Kier molecular flexibility index (Phi) is 1.73. The summed E-state index contributed by atoms with van der Waals surface area (Å²) in [6.07, 6.45) is 7.09. The third-order valence-electron chi connectivity index (χ3n) is 1.23. The topological polar surface area (TPSA) is 9.23 Å². The van der Waals surface area contributed by atoms with Crippen molar-refractivity contribution >= 4 is 0 Å². The van der Waals surface area contributed by atoms with Gasteiger partial charge in [0.2, 0.25) is 0 Å². The zero-order valence-electron chi connectivity index (χ0n) is 4.89. The smallest absolute Gasteiger partial charge is 0.0991 e. The molecule has 8 heavy (non-hydrogen) atoms. The van der Waals surface area contributed by atoms with Gasteiger partial charge in [0.15, 0.2) is 0 Å². The molecule has 1 heteroatoms. The largest absolute Gasteiger partial charge is 0.470 e. The van der Waals surface area contributed by atoms with Gasteiger partial charge in [-0.3, -0.25) is 0 Å². The molecule has 0 amide bonds. The molecule has 0 aliphatic heterocycles. The highest BCUT2D eigenvalue weighted by Gasteiger charge is 2.02. The maximum atomic E-state index is 5.03. The van der Waals surface area contributed by atoms with E-state index in [1.165, 1.54) is 19.1 Å². The lowest BCUT2D eigenvalue weighted by Gasteiger charge is -1.95. The fraction of sp³-hybridized carbons (Fsp3) is 0.429. The second kappa shape index (κ2) is 2.55. The Morgan fingerprint density at radius 3 is 3.12 bits per heavy atom. The lowest BCUT2D eigenvalue weighted by atomic mass is 10.4. The molecule has 0 heterocycles. The molecular formula is C7H10O. The van der Waals surface area contributed by atoms with Crippen LogP contribution in [0, 0.1) is 0 Å². The van der Waals surface area contributed by atoms with E-state index in [0.29, 0.717) is 0 Å². The van der Waals surface area contributed by atoms with Crippen LogP contribution in [0.3, 0.4) is 0 Å². The first-order valence-electron chi connectivity index (χ1n) is 2.90. The number of hydrogen-bond donors (Lipinski definition) is 0. The molecule has 1 rings (SSSR count). The van der Waals surface area contributed by atoms with Crippen molar-refractivity contribution in [3.63, 3.8) is 0 Å². The number of allylic oxidation sites excluding steroid dienone is 2. The second-order valence-electron chi connectivity index (χ2n) is 1.85. The van der Waals surface area contributed by atoms with E-state index in [0.717, 1.165) is 12.2 Å². The average molecular weight is 110 g/mol.